The number of carbonyl (C=O) groups excluding carboxylic acids is 1. The Labute approximate surface area is 78.5 Å². The van der Waals surface area contributed by atoms with E-state index in [0.717, 1.165) is 6.42 Å². The Morgan fingerprint density at radius 1 is 1.69 bits per heavy atom. The molecule has 0 fully saturated rings. The van der Waals surface area contributed by atoms with Crippen LogP contribution in [0.3, 0.4) is 0 Å². The lowest BCUT2D eigenvalue weighted by Gasteiger charge is -2.28. The molecule has 13 heavy (non-hydrogen) atoms. The zero-order valence-electron chi connectivity index (χ0n) is 8.21. The molecule has 0 heterocycles. The number of hydrogen-bond donors (Lipinski definition) is 4. The van der Waals surface area contributed by atoms with Crippen molar-refractivity contribution in [2.45, 2.75) is 31.8 Å². The molecule has 78 valence electrons. The molecule has 2 atom stereocenters. The fourth-order valence-corrected chi connectivity index (χ4v) is 0.750. The van der Waals surface area contributed by atoms with Crippen molar-refractivity contribution in [3.8, 4) is 0 Å². The molecule has 0 bridgehead atoms. The lowest BCUT2D eigenvalue weighted by atomic mass is 10.00. The fraction of sp³-hybridized carbons (Fsp3) is 0.875. The van der Waals surface area contributed by atoms with Crippen LogP contribution in [0.15, 0.2) is 0 Å². The number of hydrogen-bond acceptors (Lipinski definition) is 4. The molecule has 0 aliphatic rings. The quantitative estimate of drug-likeness (QED) is 0.410. The van der Waals surface area contributed by atoms with Gasteiger partial charge in [-0.1, -0.05) is 6.92 Å². The first-order valence-electron chi connectivity index (χ1n) is 4.36. The molecule has 0 aromatic rings. The molecule has 0 aromatic carbocycles. The second-order valence-electron chi connectivity index (χ2n) is 3.46. The van der Waals surface area contributed by atoms with Gasteiger partial charge in [0.25, 0.3) is 0 Å². The summed E-state index contributed by atoms with van der Waals surface area (Å²) in [6, 6.07) is -0.697. The van der Waals surface area contributed by atoms with Crippen LogP contribution in [0.2, 0.25) is 0 Å². The average Bonchev–Trinajstić information content (AvgIpc) is 2.13. The van der Waals surface area contributed by atoms with Gasteiger partial charge in [0, 0.05) is 12.1 Å². The Morgan fingerprint density at radius 2 is 2.23 bits per heavy atom. The second kappa shape index (κ2) is 5.16. The van der Waals surface area contributed by atoms with E-state index in [-0.39, 0.29) is 12.1 Å². The van der Waals surface area contributed by atoms with Crippen molar-refractivity contribution in [3.63, 3.8) is 0 Å². The first-order chi connectivity index (χ1) is 5.95. The largest absolute Gasteiger partial charge is 0.394 e. The van der Waals surface area contributed by atoms with E-state index in [0.29, 0.717) is 6.54 Å². The molecule has 0 aromatic heterocycles. The maximum atomic E-state index is 10.6. The summed E-state index contributed by atoms with van der Waals surface area (Å²) < 4.78 is 0. The zero-order chi connectivity index (χ0) is 10.5. The molecule has 0 aliphatic carbocycles. The predicted octanol–water partition coefficient (Wildman–Crippen LogP) is -1.45. The summed E-state index contributed by atoms with van der Waals surface area (Å²) in [5.41, 5.74) is 10.0. The van der Waals surface area contributed by atoms with Crippen molar-refractivity contribution in [3.05, 3.63) is 0 Å². The number of aliphatic hydroxyl groups excluding tert-OH is 1. The van der Waals surface area contributed by atoms with Crippen LogP contribution in [0.1, 0.15) is 20.3 Å². The normalized spacial score (nSPS) is 17.8. The highest BCUT2D eigenvalue weighted by atomic mass is 16.3. The smallest absolute Gasteiger partial charge is 0.235 e. The molecule has 0 saturated heterocycles. The van der Waals surface area contributed by atoms with Crippen LogP contribution in [0.4, 0.5) is 0 Å². The molecule has 5 heteroatoms. The molecule has 0 spiro atoms. The van der Waals surface area contributed by atoms with Crippen molar-refractivity contribution >= 4 is 5.91 Å². The topological polar surface area (TPSA) is 101 Å². The minimum absolute atomic E-state index is 0.00891. The van der Waals surface area contributed by atoms with Crippen LogP contribution in [-0.2, 0) is 4.79 Å². The van der Waals surface area contributed by atoms with Crippen LogP contribution >= 0.6 is 0 Å². The van der Waals surface area contributed by atoms with Gasteiger partial charge in [0.05, 0.1) is 12.6 Å². The van der Waals surface area contributed by atoms with Crippen LogP contribution in [0, 0.1) is 0 Å². The van der Waals surface area contributed by atoms with Gasteiger partial charge in [0.1, 0.15) is 0 Å². The van der Waals surface area contributed by atoms with Crippen molar-refractivity contribution in [2.75, 3.05) is 13.2 Å². The van der Waals surface area contributed by atoms with E-state index in [1.807, 2.05) is 13.8 Å². The number of nitrogens with one attached hydrogen (secondary N) is 1. The average molecular weight is 189 g/mol. The molecule has 6 N–H and O–H groups in total. The van der Waals surface area contributed by atoms with E-state index >= 15 is 0 Å². The van der Waals surface area contributed by atoms with Crippen LogP contribution < -0.4 is 16.8 Å². The monoisotopic (exact) mass is 189 g/mol. The summed E-state index contributed by atoms with van der Waals surface area (Å²) in [6.45, 7) is 4.11. The lowest BCUT2D eigenvalue weighted by molar-refractivity contribution is -0.119. The Bertz CT molecular complexity index is 169. The van der Waals surface area contributed by atoms with Crippen LogP contribution in [-0.4, -0.2) is 35.7 Å². The van der Waals surface area contributed by atoms with Crippen LogP contribution in [0.25, 0.3) is 0 Å². The van der Waals surface area contributed by atoms with E-state index in [1.54, 1.807) is 0 Å². The van der Waals surface area contributed by atoms with E-state index in [9.17, 15) is 4.79 Å². The van der Waals surface area contributed by atoms with Gasteiger partial charge >= 0.3 is 0 Å². The van der Waals surface area contributed by atoms with E-state index < -0.39 is 11.9 Å². The summed E-state index contributed by atoms with van der Waals surface area (Å²) in [5, 5.41) is 12.0. The maximum absolute atomic E-state index is 10.6. The van der Waals surface area contributed by atoms with E-state index in [1.165, 1.54) is 0 Å². The Kier molecular flexibility index (Phi) is 4.90. The molecular formula is C8H19N3O2. The van der Waals surface area contributed by atoms with Gasteiger partial charge in [-0.3, -0.25) is 4.79 Å². The molecular weight excluding hydrogens is 170 g/mol. The number of carbonyl (C=O) groups is 1. The fourth-order valence-electron chi connectivity index (χ4n) is 0.750. The highest BCUT2D eigenvalue weighted by molar-refractivity contribution is 5.79. The summed E-state index contributed by atoms with van der Waals surface area (Å²) >= 11 is 0. The van der Waals surface area contributed by atoms with Crippen molar-refractivity contribution in [1.29, 1.82) is 0 Å². The summed E-state index contributed by atoms with van der Waals surface area (Å²) in [7, 11) is 0. The SMILES string of the molecule is CCC(C)(CO)NCC(N)C(N)=O. The number of amides is 1. The summed E-state index contributed by atoms with van der Waals surface area (Å²) in [5.74, 6) is -0.538. The highest BCUT2D eigenvalue weighted by Gasteiger charge is 2.21. The molecule has 0 radical (unpaired) electrons. The Balaban J connectivity index is 3.92. The third-order valence-electron chi connectivity index (χ3n) is 2.24. The van der Waals surface area contributed by atoms with Crippen molar-refractivity contribution in [2.24, 2.45) is 11.5 Å². The first kappa shape index (κ1) is 12.3. The highest BCUT2D eigenvalue weighted by Crippen LogP contribution is 2.06. The maximum Gasteiger partial charge on any atom is 0.235 e. The second-order valence-corrected chi connectivity index (χ2v) is 3.46. The molecule has 0 rings (SSSR count). The number of aliphatic hydroxyl groups is 1. The molecule has 5 nitrogen and oxygen atoms in total. The summed E-state index contributed by atoms with van der Waals surface area (Å²) in [6.07, 6.45) is 0.759. The van der Waals surface area contributed by atoms with Gasteiger partial charge in [-0.2, -0.15) is 0 Å². The van der Waals surface area contributed by atoms with Gasteiger partial charge in [-0.15, -0.1) is 0 Å². The Hall–Kier alpha value is -0.650. The van der Waals surface area contributed by atoms with Gasteiger partial charge in [0.2, 0.25) is 5.91 Å². The first-order valence-corrected chi connectivity index (χ1v) is 4.36. The summed E-state index contributed by atoms with van der Waals surface area (Å²) in [4.78, 5) is 10.6. The van der Waals surface area contributed by atoms with Crippen LogP contribution in [0.5, 0.6) is 0 Å². The Morgan fingerprint density at radius 3 is 2.54 bits per heavy atom. The van der Waals surface area contributed by atoms with Gasteiger partial charge < -0.3 is 21.9 Å². The van der Waals surface area contributed by atoms with Gasteiger partial charge in [-0.05, 0) is 13.3 Å². The van der Waals surface area contributed by atoms with Crippen molar-refractivity contribution < 1.29 is 9.90 Å². The van der Waals surface area contributed by atoms with Gasteiger partial charge in [0.15, 0.2) is 0 Å². The lowest BCUT2D eigenvalue weighted by Crippen LogP contribution is -2.53. The minimum Gasteiger partial charge on any atom is -0.394 e. The third kappa shape index (κ3) is 4.21. The van der Waals surface area contributed by atoms with Gasteiger partial charge in [-0.25, -0.2) is 0 Å². The molecule has 2 unspecified atom stereocenters. The number of nitrogens with two attached hydrogens (primary N) is 2. The van der Waals surface area contributed by atoms with E-state index in [2.05, 4.69) is 5.32 Å². The number of primary amides is 1. The molecule has 0 aliphatic heterocycles. The molecule has 1 amide bonds. The number of rotatable bonds is 6. The van der Waals surface area contributed by atoms with Crippen molar-refractivity contribution in [1.82, 2.24) is 5.32 Å². The standard InChI is InChI=1S/C8H19N3O2/c1-3-8(2,5-12)11-4-6(9)7(10)13/h6,11-12H,3-5,9H2,1-2H3,(H2,10,13). The molecule has 0 saturated carbocycles. The third-order valence-corrected chi connectivity index (χ3v) is 2.24. The predicted molar refractivity (Wildman–Crippen MR) is 51.0 cm³/mol. The zero-order valence-corrected chi connectivity index (χ0v) is 8.21. The van der Waals surface area contributed by atoms with E-state index in [4.69, 9.17) is 16.6 Å². The minimum atomic E-state index is -0.697.